The zero-order valence-electron chi connectivity index (χ0n) is 12.8. The number of rotatable bonds is 4. The van der Waals surface area contributed by atoms with Crippen LogP contribution in [0.5, 0.6) is 5.75 Å². The summed E-state index contributed by atoms with van der Waals surface area (Å²) in [5.74, 6) is 1.03. The second-order valence-corrected chi connectivity index (χ2v) is 6.57. The summed E-state index contributed by atoms with van der Waals surface area (Å²) in [5.41, 5.74) is 0.871. The first-order valence-electron chi connectivity index (χ1n) is 7.57. The first-order valence-corrected chi connectivity index (χ1v) is 7.57. The van der Waals surface area contributed by atoms with Crippen molar-refractivity contribution in [2.75, 3.05) is 14.1 Å². The zero-order valence-corrected chi connectivity index (χ0v) is 12.8. The minimum absolute atomic E-state index is 0.127. The van der Waals surface area contributed by atoms with Crippen molar-refractivity contribution in [1.29, 1.82) is 0 Å². The van der Waals surface area contributed by atoms with E-state index in [-0.39, 0.29) is 11.3 Å². The number of phenolic OH excluding ortho intramolecular Hbond substituents is 1. The predicted molar refractivity (Wildman–Crippen MR) is 81.9 cm³/mol. The van der Waals surface area contributed by atoms with Gasteiger partial charge in [-0.2, -0.15) is 0 Å². The summed E-state index contributed by atoms with van der Waals surface area (Å²) < 4.78 is 0. The smallest absolute Gasteiger partial charge is 0.115 e. The van der Waals surface area contributed by atoms with Gasteiger partial charge in [-0.25, -0.2) is 0 Å². The van der Waals surface area contributed by atoms with Crippen LogP contribution in [0.1, 0.15) is 38.2 Å². The fourth-order valence-corrected chi connectivity index (χ4v) is 3.44. The van der Waals surface area contributed by atoms with Crippen molar-refractivity contribution in [2.45, 2.75) is 50.7 Å². The molecule has 0 aliphatic heterocycles. The van der Waals surface area contributed by atoms with E-state index in [9.17, 15) is 10.2 Å². The van der Waals surface area contributed by atoms with Crippen LogP contribution in [0.4, 0.5) is 0 Å². The number of nitrogens with zero attached hydrogens (tertiary/aromatic N) is 1. The zero-order chi connectivity index (χ0) is 14.8. The van der Waals surface area contributed by atoms with Gasteiger partial charge in [0.1, 0.15) is 5.75 Å². The molecule has 0 heterocycles. The molecule has 1 fully saturated rings. The third-order valence-corrected chi connectivity index (χ3v) is 4.99. The molecule has 3 nitrogen and oxygen atoms in total. The Morgan fingerprint density at radius 3 is 2.50 bits per heavy atom. The predicted octanol–water partition coefficient (Wildman–Crippen LogP) is 2.81. The van der Waals surface area contributed by atoms with Crippen molar-refractivity contribution < 1.29 is 10.2 Å². The van der Waals surface area contributed by atoms with Crippen LogP contribution in [0.2, 0.25) is 0 Å². The van der Waals surface area contributed by atoms with E-state index in [1.165, 1.54) is 12.8 Å². The number of aromatic hydroxyl groups is 1. The average Bonchev–Trinajstić information content (AvgIpc) is 2.39. The summed E-state index contributed by atoms with van der Waals surface area (Å²) in [6.07, 6.45) is 4.64. The highest BCUT2D eigenvalue weighted by atomic mass is 16.3. The molecule has 0 radical (unpaired) electrons. The van der Waals surface area contributed by atoms with Crippen LogP contribution in [-0.4, -0.2) is 40.9 Å². The van der Waals surface area contributed by atoms with Crippen LogP contribution < -0.4 is 0 Å². The van der Waals surface area contributed by atoms with Crippen molar-refractivity contribution in [3.63, 3.8) is 0 Å². The maximum Gasteiger partial charge on any atom is 0.115 e. The van der Waals surface area contributed by atoms with E-state index >= 15 is 0 Å². The molecule has 0 spiro atoms. The fraction of sp³-hybridized carbons (Fsp3) is 0.647. The molecule has 112 valence electrons. The maximum atomic E-state index is 10.8. The Labute approximate surface area is 122 Å². The summed E-state index contributed by atoms with van der Waals surface area (Å²) >= 11 is 0. The van der Waals surface area contributed by atoms with E-state index in [1.54, 1.807) is 12.1 Å². The van der Waals surface area contributed by atoms with Gasteiger partial charge < -0.3 is 15.1 Å². The highest BCUT2D eigenvalue weighted by Crippen LogP contribution is 2.38. The molecule has 1 aliphatic rings. The third kappa shape index (κ3) is 3.15. The molecular formula is C17H27NO2. The average molecular weight is 277 g/mol. The molecule has 1 atom stereocenters. The Hall–Kier alpha value is -1.06. The van der Waals surface area contributed by atoms with Crippen LogP contribution in [0.15, 0.2) is 24.3 Å². The molecule has 1 aliphatic carbocycles. The number of aliphatic hydroxyl groups is 1. The minimum atomic E-state index is -0.396. The SMILES string of the molecule is CC1CCC(C(O)Cc2cccc(O)c2)(N(C)C)CC1. The lowest BCUT2D eigenvalue weighted by Crippen LogP contribution is -2.56. The molecule has 0 aromatic heterocycles. The molecule has 1 aromatic rings. The molecule has 1 aromatic carbocycles. The Bertz CT molecular complexity index is 436. The van der Waals surface area contributed by atoms with Crippen molar-refractivity contribution in [3.05, 3.63) is 29.8 Å². The van der Waals surface area contributed by atoms with Crippen LogP contribution in [0.25, 0.3) is 0 Å². The number of benzene rings is 1. The molecule has 20 heavy (non-hydrogen) atoms. The van der Waals surface area contributed by atoms with E-state index < -0.39 is 6.10 Å². The topological polar surface area (TPSA) is 43.7 Å². The standard InChI is InChI=1S/C17H27NO2/c1-13-7-9-17(10-8-13,18(2)3)16(20)12-14-5-4-6-15(19)11-14/h4-6,11,13,16,19-20H,7-10,12H2,1-3H3. The summed E-state index contributed by atoms with van der Waals surface area (Å²) in [4.78, 5) is 2.20. The van der Waals surface area contributed by atoms with Crippen molar-refractivity contribution in [3.8, 4) is 5.75 Å². The normalized spacial score (nSPS) is 28.6. The molecule has 1 unspecified atom stereocenters. The van der Waals surface area contributed by atoms with E-state index in [1.807, 2.05) is 12.1 Å². The molecule has 2 N–H and O–H groups in total. The Kier molecular flexibility index (Phi) is 4.71. The van der Waals surface area contributed by atoms with Gasteiger partial charge in [0.15, 0.2) is 0 Å². The second-order valence-electron chi connectivity index (χ2n) is 6.57. The molecule has 1 saturated carbocycles. The highest BCUT2D eigenvalue weighted by Gasteiger charge is 2.42. The van der Waals surface area contributed by atoms with Crippen LogP contribution in [0, 0.1) is 5.92 Å². The lowest BCUT2D eigenvalue weighted by Gasteiger charge is -2.47. The van der Waals surface area contributed by atoms with Crippen molar-refractivity contribution in [2.24, 2.45) is 5.92 Å². The number of hydrogen-bond donors (Lipinski definition) is 2. The van der Waals surface area contributed by atoms with Crippen LogP contribution >= 0.6 is 0 Å². The molecule has 3 heteroatoms. The summed E-state index contributed by atoms with van der Waals surface area (Å²) in [5, 5.41) is 20.4. The van der Waals surface area contributed by atoms with E-state index in [4.69, 9.17) is 0 Å². The fourth-order valence-electron chi connectivity index (χ4n) is 3.44. The Morgan fingerprint density at radius 2 is 1.95 bits per heavy atom. The van der Waals surface area contributed by atoms with Crippen molar-refractivity contribution in [1.82, 2.24) is 4.90 Å². The minimum Gasteiger partial charge on any atom is -0.508 e. The lowest BCUT2D eigenvalue weighted by molar-refractivity contribution is -0.0382. The quantitative estimate of drug-likeness (QED) is 0.889. The van der Waals surface area contributed by atoms with Gasteiger partial charge in [0.2, 0.25) is 0 Å². The van der Waals surface area contributed by atoms with Gasteiger partial charge in [-0.05, 0) is 63.4 Å². The van der Waals surface area contributed by atoms with E-state index in [0.717, 1.165) is 24.3 Å². The number of likely N-dealkylation sites (N-methyl/N-ethyl adjacent to an activating group) is 1. The molecular weight excluding hydrogens is 250 g/mol. The molecule has 0 amide bonds. The molecule has 2 rings (SSSR count). The van der Waals surface area contributed by atoms with Crippen LogP contribution in [0.3, 0.4) is 0 Å². The summed E-state index contributed by atoms with van der Waals surface area (Å²) in [7, 11) is 4.14. The van der Waals surface area contributed by atoms with Gasteiger partial charge in [-0.1, -0.05) is 19.1 Å². The van der Waals surface area contributed by atoms with Gasteiger partial charge in [0.25, 0.3) is 0 Å². The summed E-state index contributed by atoms with van der Waals surface area (Å²) in [6, 6.07) is 7.22. The van der Waals surface area contributed by atoms with E-state index in [0.29, 0.717) is 6.42 Å². The van der Waals surface area contributed by atoms with Crippen molar-refractivity contribution >= 4 is 0 Å². The highest BCUT2D eigenvalue weighted by molar-refractivity contribution is 5.28. The van der Waals surface area contributed by atoms with Gasteiger partial charge in [0, 0.05) is 12.0 Å². The number of phenols is 1. The monoisotopic (exact) mass is 277 g/mol. The summed E-state index contributed by atoms with van der Waals surface area (Å²) in [6.45, 7) is 2.29. The maximum absolute atomic E-state index is 10.8. The van der Waals surface area contributed by atoms with Gasteiger partial charge in [-0.15, -0.1) is 0 Å². The Morgan fingerprint density at radius 1 is 1.30 bits per heavy atom. The largest absolute Gasteiger partial charge is 0.508 e. The Balaban J connectivity index is 2.13. The lowest BCUT2D eigenvalue weighted by atomic mass is 9.72. The number of hydrogen-bond acceptors (Lipinski definition) is 3. The first kappa shape index (κ1) is 15.3. The second kappa shape index (κ2) is 6.15. The van der Waals surface area contributed by atoms with Gasteiger partial charge in [-0.3, -0.25) is 0 Å². The van der Waals surface area contributed by atoms with Gasteiger partial charge >= 0.3 is 0 Å². The first-order chi connectivity index (χ1) is 9.44. The van der Waals surface area contributed by atoms with Crippen LogP contribution in [-0.2, 0) is 6.42 Å². The van der Waals surface area contributed by atoms with E-state index in [2.05, 4.69) is 25.9 Å². The number of aliphatic hydroxyl groups excluding tert-OH is 1. The molecule has 0 bridgehead atoms. The third-order valence-electron chi connectivity index (χ3n) is 4.99. The molecule has 0 saturated heterocycles. The van der Waals surface area contributed by atoms with Gasteiger partial charge in [0.05, 0.1) is 6.10 Å².